The first-order valence-corrected chi connectivity index (χ1v) is 16.5. The van der Waals surface area contributed by atoms with Gasteiger partial charge in [0.2, 0.25) is 5.91 Å². The van der Waals surface area contributed by atoms with Gasteiger partial charge in [0.25, 0.3) is 0 Å². The van der Waals surface area contributed by atoms with Gasteiger partial charge in [-0.25, -0.2) is 4.79 Å². The molecule has 1 saturated heterocycles. The molecule has 0 bridgehead atoms. The molecule has 1 aliphatic heterocycles. The number of carboxylic acid groups (broad SMARTS) is 1. The van der Waals surface area contributed by atoms with Gasteiger partial charge in [-0.2, -0.15) is 4.98 Å². The van der Waals surface area contributed by atoms with Gasteiger partial charge in [0, 0.05) is 18.5 Å². The summed E-state index contributed by atoms with van der Waals surface area (Å²) in [6, 6.07) is 26.0. The summed E-state index contributed by atoms with van der Waals surface area (Å²) in [6.07, 6.45) is -1.98. The zero-order valence-electron chi connectivity index (χ0n) is 28.8. The summed E-state index contributed by atoms with van der Waals surface area (Å²) >= 11 is 0. The second kappa shape index (κ2) is 16.5. The van der Waals surface area contributed by atoms with Gasteiger partial charge < -0.3 is 34.1 Å². The molecule has 0 radical (unpaired) electrons. The maximum atomic E-state index is 13.2. The topological polar surface area (TPSA) is 165 Å². The number of nitrogens with one attached hydrogen (secondary N) is 1. The minimum atomic E-state index is -1.21. The Kier molecular flexibility index (Phi) is 11.9. The molecule has 1 aliphatic rings. The van der Waals surface area contributed by atoms with Crippen LogP contribution in [0.5, 0.6) is 11.5 Å². The van der Waals surface area contributed by atoms with Crippen molar-refractivity contribution in [1.29, 1.82) is 0 Å². The second-order valence-corrected chi connectivity index (χ2v) is 12.2. The molecule has 0 unspecified atom stereocenters. The number of nitrogens with zero attached hydrogens (tertiary/aromatic N) is 2. The Morgan fingerprint density at radius 3 is 2.02 bits per heavy atom. The Morgan fingerprint density at radius 1 is 0.902 bits per heavy atom. The summed E-state index contributed by atoms with van der Waals surface area (Å²) < 4.78 is 31.3. The van der Waals surface area contributed by atoms with Gasteiger partial charge in [0.15, 0.2) is 0 Å². The van der Waals surface area contributed by atoms with E-state index in [9.17, 15) is 19.2 Å². The third-order valence-corrected chi connectivity index (χ3v) is 8.56. The van der Waals surface area contributed by atoms with Crippen LogP contribution in [0.3, 0.4) is 0 Å². The number of hydrogen-bond donors (Lipinski definition) is 2. The van der Waals surface area contributed by atoms with Gasteiger partial charge in [-0.3, -0.25) is 19.0 Å². The monoisotopic (exact) mass is 699 g/mol. The van der Waals surface area contributed by atoms with Crippen LogP contribution in [-0.2, 0) is 34.2 Å². The molecule has 268 valence electrons. The molecule has 0 saturated carbocycles. The average molecular weight is 700 g/mol. The van der Waals surface area contributed by atoms with E-state index in [2.05, 4.69) is 10.3 Å². The van der Waals surface area contributed by atoms with Crippen LogP contribution >= 0.6 is 0 Å². The number of ether oxygens (including phenoxy) is 5. The van der Waals surface area contributed by atoms with Crippen LogP contribution < -0.4 is 20.5 Å². The fourth-order valence-corrected chi connectivity index (χ4v) is 5.84. The first-order valence-electron chi connectivity index (χ1n) is 16.5. The van der Waals surface area contributed by atoms with Crippen LogP contribution in [-0.4, -0.2) is 65.5 Å². The van der Waals surface area contributed by atoms with E-state index in [1.54, 1.807) is 28.1 Å². The van der Waals surface area contributed by atoms with Gasteiger partial charge in [-0.05, 0) is 47.0 Å². The van der Waals surface area contributed by atoms with Gasteiger partial charge in [0.05, 0.1) is 33.7 Å². The fraction of sp³-hybridized carbons (Fsp3) is 0.342. The third kappa shape index (κ3) is 8.62. The molecule has 0 spiro atoms. The van der Waals surface area contributed by atoms with Crippen molar-refractivity contribution in [3.63, 3.8) is 0 Å². The Morgan fingerprint density at radius 2 is 1.49 bits per heavy atom. The highest BCUT2D eigenvalue weighted by atomic mass is 16.6. The molecule has 5 rings (SSSR count). The maximum Gasteiger partial charge on any atom is 0.351 e. The standard InChI is InChI=1S/C38H41N3O10/c1-24(2)36(45)39-32-20-21-41(37(46)40-32)33-22-30(51-35(44)19-18-34(42)43)31(50-33)23-49-38(25-8-6-5-7-9-25,26-10-14-28(47-3)15-11-26)27-12-16-29(48-4)17-13-27/h5-17,20-21,24,30-31,33H,18-19,22-23H2,1-4H3,(H,42,43)(H,39,40,45,46)/t30-,31+,33+/m0/s1. The first kappa shape index (κ1) is 36.7. The number of aliphatic carboxylic acids is 1. The van der Waals surface area contributed by atoms with Crippen LogP contribution in [0.25, 0.3) is 0 Å². The maximum absolute atomic E-state index is 13.2. The van der Waals surface area contributed by atoms with Crippen LogP contribution in [0, 0.1) is 5.92 Å². The summed E-state index contributed by atoms with van der Waals surface area (Å²) in [5.41, 5.74) is 0.430. The molecule has 13 nitrogen and oxygen atoms in total. The molecule has 2 heterocycles. The molecular formula is C38H41N3O10. The van der Waals surface area contributed by atoms with E-state index in [4.69, 9.17) is 28.8 Å². The van der Waals surface area contributed by atoms with E-state index in [1.807, 2.05) is 78.9 Å². The lowest BCUT2D eigenvalue weighted by atomic mass is 9.80. The number of hydrogen-bond acceptors (Lipinski definition) is 10. The molecule has 1 amide bonds. The van der Waals surface area contributed by atoms with E-state index in [1.165, 1.54) is 16.8 Å². The van der Waals surface area contributed by atoms with Gasteiger partial charge in [-0.1, -0.05) is 68.4 Å². The highest BCUT2D eigenvalue weighted by Gasteiger charge is 2.44. The molecule has 4 aromatic rings. The van der Waals surface area contributed by atoms with Crippen molar-refractivity contribution in [3.05, 3.63) is 118 Å². The number of carbonyl (C=O) groups excluding carboxylic acids is 2. The van der Waals surface area contributed by atoms with Crippen molar-refractivity contribution in [1.82, 2.24) is 9.55 Å². The predicted octanol–water partition coefficient (Wildman–Crippen LogP) is 4.93. The Hall–Kier alpha value is -5.53. The van der Waals surface area contributed by atoms with E-state index in [-0.39, 0.29) is 37.1 Å². The predicted molar refractivity (Wildman–Crippen MR) is 186 cm³/mol. The number of carboxylic acids is 1. The number of rotatable bonds is 15. The Balaban J connectivity index is 1.52. The number of amides is 1. The van der Waals surface area contributed by atoms with Crippen LogP contribution in [0.1, 0.15) is 56.0 Å². The van der Waals surface area contributed by atoms with Crippen LogP contribution in [0.2, 0.25) is 0 Å². The minimum absolute atomic E-state index is 0.0511. The smallest absolute Gasteiger partial charge is 0.351 e. The highest BCUT2D eigenvalue weighted by Crippen LogP contribution is 2.43. The molecule has 3 aromatic carbocycles. The Bertz CT molecular complexity index is 1810. The van der Waals surface area contributed by atoms with Crippen LogP contribution in [0.15, 0.2) is 95.9 Å². The first-order chi connectivity index (χ1) is 24.5. The van der Waals surface area contributed by atoms with Crippen LogP contribution in [0.4, 0.5) is 5.82 Å². The summed E-state index contributed by atoms with van der Waals surface area (Å²) in [6.45, 7) is 3.32. The van der Waals surface area contributed by atoms with Gasteiger partial charge >= 0.3 is 17.6 Å². The van der Waals surface area contributed by atoms with E-state index < -0.39 is 48.1 Å². The highest BCUT2D eigenvalue weighted by molar-refractivity contribution is 5.91. The van der Waals surface area contributed by atoms with Gasteiger partial charge in [0.1, 0.15) is 41.4 Å². The zero-order valence-corrected chi connectivity index (χ0v) is 28.8. The number of aromatic nitrogens is 2. The lowest BCUT2D eigenvalue weighted by Gasteiger charge is -2.37. The van der Waals surface area contributed by atoms with Gasteiger partial charge in [-0.15, -0.1) is 0 Å². The molecule has 51 heavy (non-hydrogen) atoms. The molecule has 2 N–H and O–H groups in total. The molecule has 1 fully saturated rings. The normalized spacial score (nSPS) is 17.2. The van der Waals surface area contributed by atoms with Crippen molar-refractivity contribution in [2.75, 3.05) is 26.1 Å². The summed E-state index contributed by atoms with van der Waals surface area (Å²) in [5.74, 6) is -1.08. The van der Waals surface area contributed by atoms with E-state index in [0.717, 1.165) is 16.7 Å². The van der Waals surface area contributed by atoms with E-state index >= 15 is 0 Å². The number of methoxy groups -OCH3 is 2. The molecule has 13 heteroatoms. The van der Waals surface area contributed by atoms with Crippen molar-refractivity contribution in [3.8, 4) is 11.5 Å². The zero-order chi connectivity index (χ0) is 36.5. The van der Waals surface area contributed by atoms with Crippen molar-refractivity contribution in [2.24, 2.45) is 5.92 Å². The summed E-state index contributed by atoms with van der Waals surface area (Å²) in [7, 11) is 3.17. The quantitative estimate of drug-likeness (QED) is 0.128. The van der Waals surface area contributed by atoms with Crippen molar-refractivity contribution >= 4 is 23.7 Å². The third-order valence-electron chi connectivity index (χ3n) is 8.56. The van der Waals surface area contributed by atoms with Crippen molar-refractivity contribution in [2.45, 2.75) is 57.1 Å². The second-order valence-electron chi connectivity index (χ2n) is 12.2. The lowest BCUT2D eigenvalue weighted by Crippen LogP contribution is -2.39. The molecular weight excluding hydrogens is 658 g/mol. The SMILES string of the molecule is COc1ccc(C(OC[C@H]2O[C@@H](n3ccc(NC(=O)C(C)C)nc3=O)C[C@@H]2OC(=O)CCC(=O)O)(c2ccccc2)c2ccc(OC)cc2)cc1. The largest absolute Gasteiger partial charge is 0.497 e. The van der Waals surface area contributed by atoms with Crippen molar-refractivity contribution < 1.29 is 43.2 Å². The minimum Gasteiger partial charge on any atom is -0.497 e. The summed E-state index contributed by atoms with van der Waals surface area (Å²) in [4.78, 5) is 53.3. The number of carbonyl (C=O) groups is 3. The number of benzene rings is 3. The fourth-order valence-electron chi connectivity index (χ4n) is 5.84. The number of esters is 1. The average Bonchev–Trinajstić information content (AvgIpc) is 3.53. The molecule has 0 aliphatic carbocycles. The molecule has 3 atom stereocenters. The number of anilines is 1. The lowest BCUT2D eigenvalue weighted by molar-refractivity contribution is -0.157. The molecule has 1 aromatic heterocycles. The Labute approximate surface area is 295 Å². The summed E-state index contributed by atoms with van der Waals surface area (Å²) in [5, 5.41) is 11.7. The van der Waals surface area contributed by atoms with E-state index in [0.29, 0.717) is 11.5 Å².